The van der Waals surface area contributed by atoms with Crippen molar-refractivity contribution in [2.75, 3.05) is 39.5 Å². The largest absolute Gasteiger partial charge is 0.380 e. The van der Waals surface area contributed by atoms with Crippen LogP contribution in [0.15, 0.2) is 18.2 Å². The monoisotopic (exact) mass is 425 g/mol. The van der Waals surface area contributed by atoms with Crippen LogP contribution in [0.3, 0.4) is 0 Å². The van der Waals surface area contributed by atoms with Gasteiger partial charge in [-0.2, -0.15) is 0 Å². The van der Waals surface area contributed by atoms with Gasteiger partial charge in [-0.1, -0.05) is 11.6 Å². The molecule has 0 aromatic heterocycles. The van der Waals surface area contributed by atoms with E-state index >= 15 is 0 Å². The third-order valence-corrected chi connectivity index (χ3v) is 4.04. The molecular formula is C15H21ClINO3. The molecule has 0 aliphatic rings. The molecule has 1 rings (SSSR count). The summed E-state index contributed by atoms with van der Waals surface area (Å²) in [7, 11) is 0. The molecule has 21 heavy (non-hydrogen) atoms. The average molecular weight is 426 g/mol. The van der Waals surface area contributed by atoms with Gasteiger partial charge in [0, 0.05) is 34.9 Å². The molecule has 1 aromatic rings. The number of benzene rings is 1. The van der Waals surface area contributed by atoms with E-state index in [2.05, 4.69) is 22.6 Å². The predicted octanol–water partition coefficient (Wildman–Crippen LogP) is 3.46. The van der Waals surface area contributed by atoms with Gasteiger partial charge >= 0.3 is 0 Å². The minimum atomic E-state index is -0.0405. The number of hydrogen-bond donors (Lipinski definition) is 0. The molecule has 4 nitrogen and oxygen atoms in total. The van der Waals surface area contributed by atoms with Crippen molar-refractivity contribution < 1.29 is 14.3 Å². The number of amides is 1. The Morgan fingerprint density at radius 3 is 2.29 bits per heavy atom. The number of nitrogens with zero attached hydrogens (tertiary/aromatic N) is 1. The molecule has 0 radical (unpaired) electrons. The van der Waals surface area contributed by atoms with Crippen LogP contribution in [0.25, 0.3) is 0 Å². The normalized spacial score (nSPS) is 10.7. The molecular weight excluding hydrogens is 405 g/mol. The van der Waals surface area contributed by atoms with E-state index in [4.69, 9.17) is 21.1 Å². The third kappa shape index (κ3) is 6.50. The lowest BCUT2D eigenvalue weighted by atomic mass is 10.2. The maximum Gasteiger partial charge on any atom is 0.255 e. The quantitative estimate of drug-likeness (QED) is 0.449. The van der Waals surface area contributed by atoms with E-state index in [-0.39, 0.29) is 5.91 Å². The highest BCUT2D eigenvalue weighted by Crippen LogP contribution is 2.19. The van der Waals surface area contributed by atoms with Gasteiger partial charge in [-0.3, -0.25) is 4.79 Å². The van der Waals surface area contributed by atoms with Gasteiger partial charge in [0.1, 0.15) is 0 Å². The summed E-state index contributed by atoms with van der Waals surface area (Å²) < 4.78 is 11.6. The highest BCUT2D eigenvalue weighted by atomic mass is 127. The fraction of sp³-hybridized carbons (Fsp3) is 0.533. The van der Waals surface area contributed by atoms with Crippen LogP contribution in [0.5, 0.6) is 0 Å². The van der Waals surface area contributed by atoms with Crippen LogP contribution in [-0.4, -0.2) is 50.3 Å². The van der Waals surface area contributed by atoms with E-state index in [1.54, 1.807) is 17.0 Å². The molecule has 0 heterocycles. The van der Waals surface area contributed by atoms with Crippen LogP contribution >= 0.6 is 34.2 Å². The van der Waals surface area contributed by atoms with Gasteiger partial charge in [-0.05, 0) is 54.6 Å². The van der Waals surface area contributed by atoms with Crippen molar-refractivity contribution >= 4 is 40.1 Å². The molecule has 1 amide bonds. The molecule has 0 spiro atoms. The fourth-order valence-electron chi connectivity index (χ4n) is 1.78. The zero-order valence-electron chi connectivity index (χ0n) is 12.4. The number of carbonyl (C=O) groups excluding carboxylic acids is 1. The lowest BCUT2D eigenvalue weighted by Crippen LogP contribution is -2.37. The van der Waals surface area contributed by atoms with Gasteiger partial charge in [0.2, 0.25) is 0 Å². The Bertz CT molecular complexity index is 447. The lowest BCUT2D eigenvalue weighted by molar-refractivity contribution is 0.0549. The van der Waals surface area contributed by atoms with Crippen LogP contribution in [-0.2, 0) is 9.47 Å². The van der Waals surface area contributed by atoms with Crippen molar-refractivity contribution in [3.8, 4) is 0 Å². The molecule has 0 fully saturated rings. The highest BCUT2D eigenvalue weighted by Gasteiger charge is 2.18. The summed E-state index contributed by atoms with van der Waals surface area (Å²) in [5, 5.41) is 0.563. The van der Waals surface area contributed by atoms with E-state index in [1.807, 2.05) is 19.9 Å². The van der Waals surface area contributed by atoms with Crippen molar-refractivity contribution in [3.05, 3.63) is 32.4 Å². The SMILES string of the molecule is CCOCCN(CCOCC)C(=O)c1cc(Cl)ccc1I. The summed E-state index contributed by atoms with van der Waals surface area (Å²) in [4.78, 5) is 14.4. The summed E-state index contributed by atoms with van der Waals surface area (Å²) >= 11 is 8.14. The molecule has 0 atom stereocenters. The van der Waals surface area contributed by atoms with Crippen LogP contribution in [0.1, 0.15) is 24.2 Å². The molecule has 0 bridgehead atoms. The number of hydrogen-bond acceptors (Lipinski definition) is 3. The second kappa shape index (κ2) is 10.4. The summed E-state index contributed by atoms with van der Waals surface area (Å²) in [6.07, 6.45) is 0. The van der Waals surface area contributed by atoms with Gasteiger partial charge in [0.25, 0.3) is 5.91 Å². The van der Waals surface area contributed by atoms with E-state index in [0.717, 1.165) is 3.57 Å². The van der Waals surface area contributed by atoms with Gasteiger partial charge in [-0.15, -0.1) is 0 Å². The van der Waals surface area contributed by atoms with Gasteiger partial charge in [0.15, 0.2) is 0 Å². The zero-order valence-corrected chi connectivity index (χ0v) is 15.3. The summed E-state index contributed by atoms with van der Waals surface area (Å²) in [6, 6.07) is 5.34. The summed E-state index contributed by atoms with van der Waals surface area (Å²) in [5.74, 6) is -0.0405. The molecule has 0 saturated heterocycles. The Kier molecular flexibility index (Phi) is 9.23. The molecule has 1 aromatic carbocycles. The third-order valence-electron chi connectivity index (χ3n) is 2.87. The van der Waals surface area contributed by atoms with Crippen molar-refractivity contribution in [3.63, 3.8) is 0 Å². The summed E-state index contributed by atoms with van der Waals surface area (Å²) in [6.45, 7) is 7.28. The van der Waals surface area contributed by atoms with E-state index in [9.17, 15) is 4.79 Å². The number of halogens is 2. The first-order valence-corrected chi connectivity index (χ1v) is 8.45. The highest BCUT2D eigenvalue weighted by molar-refractivity contribution is 14.1. The zero-order chi connectivity index (χ0) is 15.7. The minimum absolute atomic E-state index is 0.0405. The maximum absolute atomic E-state index is 12.7. The molecule has 0 N–H and O–H groups in total. The van der Waals surface area contributed by atoms with E-state index in [0.29, 0.717) is 50.1 Å². The van der Waals surface area contributed by atoms with E-state index in [1.165, 1.54) is 0 Å². The van der Waals surface area contributed by atoms with Crippen LogP contribution in [0.2, 0.25) is 5.02 Å². The molecule has 0 aliphatic heterocycles. The maximum atomic E-state index is 12.7. The molecule has 0 aliphatic carbocycles. The number of rotatable bonds is 9. The van der Waals surface area contributed by atoms with Crippen molar-refractivity contribution in [2.24, 2.45) is 0 Å². The molecule has 0 saturated carbocycles. The first-order chi connectivity index (χ1) is 10.1. The van der Waals surface area contributed by atoms with Crippen molar-refractivity contribution in [2.45, 2.75) is 13.8 Å². The lowest BCUT2D eigenvalue weighted by Gasteiger charge is -2.23. The minimum Gasteiger partial charge on any atom is -0.380 e. The second-order valence-corrected chi connectivity index (χ2v) is 5.91. The Balaban J connectivity index is 2.79. The first kappa shape index (κ1) is 18.7. The predicted molar refractivity (Wildman–Crippen MR) is 93.1 cm³/mol. The Morgan fingerprint density at radius 1 is 1.19 bits per heavy atom. The van der Waals surface area contributed by atoms with Gasteiger partial charge in [0.05, 0.1) is 18.8 Å². The number of ether oxygens (including phenoxy) is 2. The standard InChI is InChI=1S/C15H21ClINO3/c1-3-20-9-7-18(8-10-21-4-2)15(19)13-11-12(16)5-6-14(13)17/h5-6,11H,3-4,7-10H2,1-2H3. The smallest absolute Gasteiger partial charge is 0.255 e. The summed E-state index contributed by atoms with van der Waals surface area (Å²) in [5.41, 5.74) is 0.621. The van der Waals surface area contributed by atoms with Crippen LogP contribution in [0.4, 0.5) is 0 Å². The second-order valence-electron chi connectivity index (χ2n) is 4.31. The topological polar surface area (TPSA) is 38.8 Å². The Hall–Kier alpha value is -0.370. The first-order valence-electron chi connectivity index (χ1n) is 7.00. The Labute approximate surface area is 144 Å². The molecule has 0 unspecified atom stereocenters. The number of carbonyl (C=O) groups is 1. The fourth-order valence-corrected chi connectivity index (χ4v) is 2.52. The van der Waals surface area contributed by atoms with Gasteiger partial charge < -0.3 is 14.4 Å². The Morgan fingerprint density at radius 2 is 1.76 bits per heavy atom. The molecule has 118 valence electrons. The van der Waals surface area contributed by atoms with Crippen LogP contribution < -0.4 is 0 Å². The average Bonchev–Trinajstić information content (AvgIpc) is 2.48. The van der Waals surface area contributed by atoms with Crippen molar-refractivity contribution in [1.82, 2.24) is 4.90 Å². The van der Waals surface area contributed by atoms with Gasteiger partial charge in [-0.25, -0.2) is 0 Å². The van der Waals surface area contributed by atoms with E-state index < -0.39 is 0 Å². The van der Waals surface area contributed by atoms with Crippen LogP contribution in [0, 0.1) is 3.57 Å². The molecule has 6 heteroatoms. The van der Waals surface area contributed by atoms with Crippen molar-refractivity contribution in [1.29, 1.82) is 0 Å².